The SMILES string of the molecule is CCC(=O)CCC(=O)CCC(=O)CC(C)CCC(C)=O. The van der Waals surface area contributed by atoms with Gasteiger partial charge in [-0.25, -0.2) is 0 Å². The van der Waals surface area contributed by atoms with E-state index in [1.54, 1.807) is 13.8 Å². The number of carbonyl (C=O) groups excluding carboxylic acids is 4. The summed E-state index contributed by atoms with van der Waals surface area (Å²) in [6.07, 6.45) is 3.14. The molecule has 0 aromatic rings. The highest BCUT2D eigenvalue weighted by molar-refractivity contribution is 5.89. The van der Waals surface area contributed by atoms with Crippen LogP contribution in [0, 0.1) is 5.92 Å². The molecule has 0 aromatic carbocycles. The van der Waals surface area contributed by atoms with Gasteiger partial charge in [0, 0.05) is 44.9 Å². The molecule has 0 N–H and O–H groups in total. The van der Waals surface area contributed by atoms with Gasteiger partial charge in [0.05, 0.1) is 0 Å². The second-order valence-corrected chi connectivity index (χ2v) is 5.52. The zero-order valence-corrected chi connectivity index (χ0v) is 12.9. The third-order valence-electron chi connectivity index (χ3n) is 3.33. The number of hydrogen-bond acceptors (Lipinski definition) is 4. The van der Waals surface area contributed by atoms with Gasteiger partial charge in [-0.3, -0.25) is 14.4 Å². The fraction of sp³-hybridized carbons (Fsp3) is 0.750. The number of rotatable bonds is 12. The van der Waals surface area contributed by atoms with E-state index in [-0.39, 0.29) is 48.3 Å². The Morgan fingerprint density at radius 2 is 1.30 bits per heavy atom. The Morgan fingerprint density at radius 1 is 0.800 bits per heavy atom. The van der Waals surface area contributed by atoms with Gasteiger partial charge in [-0.1, -0.05) is 13.8 Å². The Kier molecular flexibility index (Phi) is 9.77. The molecule has 1 atom stereocenters. The normalized spacial score (nSPS) is 11.9. The van der Waals surface area contributed by atoms with Crippen LogP contribution in [0.1, 0.15) is 72.1 Å². The molecule has 0 fully saturated rings. The number of ketones is 4. The predicted molar refractivity (Wildman–Crippen MR) is 77.5 cm³/mol. The Balaban J connectivity index is 3.78. The summed E-state index contributed by atoms with van der Waals surface area (Å²) in [7, 11) is 0. The van der Waals surface area contributed by atoms with E-state index in [2.05, 4.69) is 0 Å². The third kappa shape index (κ3) is 10.6. The lowest BCUT2D eigenvalue weighted by atomic mass is 9.95. The summed E-state index contributed by atoms with van der Waals surface area (Å²) in [5.41, 5.74) is 0. The van der Waals surface area contributed by atoms with Crippen molar-refractivity contribution >= 4 is 23.1 Å². The van der Waals surface area contributed by atoms with Gasteiger partial charge in [0.15, 0.2) is 0 Å². The fourth-order valence-corrected chi connectivity index (χ4v) is 1.90. The van der Waals surface area contributed by atoms with Gasteiger partial charge in [-0.2, -0.15) is 0 Å². The Bertz CT molecular complexity index is 357. The summed E-state index contributed by atoms with van der Waals surface area (Å²) in [5, 5.41) is 0. The lowest BCUT2D eigenvalue weighted by Gasteiger charge is -2.08. The van der Waals surface area contributed by atoms with E-state index in [0.717, 1.165) is 6.42 Å². The Morgan fingerprint density at radius 3 is 1.80 bits per heavy atom. The Hall–Kier alpha value is -1.32. The van der Waals surface area contributed by atoms with E-state index in [0.29, 0.717) is 25.7 Å². The molecule has 0 rings (SSSR count). The van der Waals surface area contributed by atoms with Gasteiger partial charge in [0.1, 0.15) is 23.1 Å². The molecule has 114 valence electrons. The van der Waals surface area contributed by atoms with E-state index < -0.39 is 0 Å². The summed E-state index contributed by atoms with van der Waals surface area (Å²) in [4.78, 5) is 45.1. The van der Waals surface area contributed by atoms with Crippen molar-refractivity contribution in [3.63, 3.8) is 0 Å². The molecule has 0 spiro atoms. The van der Waals surface area contributed by atoms with Crippen molar-refractivity contribution in [2.45, 2.75) is 72.1 Å². The summed E-state index contributed by atoms with van der Waals surface area (Å²) in [6.45, 7) is 5.27. The van der Waals surface area contributed by atoms with Crippen LogP contribution >= 0.6 is 0 Å². The van der Waals surface area contributed by atoms with Gasteiger partial charge in [-0.15, -0.1) is 0 Å². The number of Topliss-reactive ketones (excluding diaryl/α,β-unsaturated/α-hetero) is 4. The van der Waals surface area contributed by atoms with Crippen molar-refractivity contribution in [3.8, 4) is 0 Å². The van der Waals surface area contributed by atoms with Crippen molar-refractivity contribution in [1.29, 1.82) is 0 Å². The maximum Gasteiger partial charge on any atom is 0.133 e. The van der Waals surface area contributed by atoms with Gasteiger partial charge in [0.25, 0.3) is 0 Å². The molecule has 0 aliphatic carbocycles. The van der Waals surface area contributed by atoms with Crippen LogP contribution < -0.4 is 0 Å². The lowest BCUT2D eigenvalue weighted by Crippen LogP contribution is -2.10. The highest BCUT2D eigenvalue weighted by Crippen LogP contribution is 2.13. The molecule has 4 heteroatoms. The van der Waals surface area contributed by atoms with Crippen LogP contribution in [0.5, 0.6) is 0 Å². The van der Waals surface area contributed by atoms with Crippen molar-refractivity contribution in [3.05, 3.63) is 0 Å². The molecule has 0 bridgehead atoms. The first kappa shape index (κ1) is 18.7. The maximum absolute atomic E-state index is 11.7. The summed E-state index contributed by atoms with van der Waals surface area (Å²) >= 11 is 0. The quantitative estimate of drug-likeness (QED) is 0.551. The number of hydrogen-bond donors (Lipinski definition) is 0. The minimum Gasteiger partial charge on any atom is -0.300 e. The molecule has 0 saturated carbocycles. The number of carbonyl (C=O) groups is 4. The monoisotopic (exact) mass is 282 g/mol. The van der Waals surface area contributed by atoms with Crippen LogP contribution in [0.4, 0.5) is 0 Å². The van der Waals surface area contributed by atoms with Gasteiger partial charge in [-0.05, 0) is 19.3 Å². The van der Waals surface area contributed by atoms with E-state index in [1.807, 2.05) is 6.92 Å². The average Bonchev–Trinajstić information content (AvgIpc) is 2.40. The molecule has 1 unspecified atom stereocenters. The molecule has 0 aromatic heterocycles. The standard InChI is InChI=1S/C16H26O4/c1-4-14(18)7-8-15(19)9-10-16(20)11-12(2)5-6-13(3)17/h12H,4-11H2,1-3H3. The molecule has 0 aliphatic rings. The molecular weight excluding hydrogens is 256 g/mol. The fourth-order valence-electron chi connectivity index (χ4n) is 1.90. The predicted octanol–water partition coefficient (Wildman–Crippen LogP) is 3.06. The molecule has 0 amide bonds. The molecule has 0 saturated heterocycles. The minimum atomic E-state index is -0.0171. The second-order valence-electron chi connectivity index (χ2n) is 5.52. The van der Waals surface area contributed by atoms with Gasteiger partial charge in [0.2, 0.25) is 0 Å². The molecule has 20 heavy (non-hydrogen) atoms. The zero-order chi connectivity index (χ0) is 15.5. The average molecular weight is 282 g/mol. The molecule has 0 radical (unpaired) electrons. The van der Waals surface area contributed by atoms with E-state index in [9.17, 15) is 19.2 Å². The first-order chi connectivity index (χ1) is 9.35. The minimum absolute atomic E-state index is 0.0171. The van der Waals surface area contributed by atoms with Crippen molar-refractivity contribution in [2.24, 2.45) is 5.92 Å². The maximum atomic E-state index is 11.7. The summed E-state index contributed by atoms with van der Waals surface area (Å²) < 4.78 is 0. The first-order valence-corrected chi connectivity index (χ1v) is 7.39. The third-order valence-corrected chi connectivity index (χ3v) is 3.33. The van der Waals surface area contributed by atoms with Crippen molar-refractivity contribution < 1.29 is 19.2 Å². The molecular formula is C16H26O4. The second kappa shape index (κ2) is 10.5. The van der Waals surface area contributed by atoms with E-state index >= 15 is 0 Å². The Labute approximate surface area is 121 Å². The lowest BCUT2D eigenvalue weighted by molar-refractivity contribution is -0.126. The van der Waals surface area contributed by atoms with Crippen LogP contribution in [-0.4, -0.2) is 23.1 Å². The topological polar surface area (TPSA) is 68.3 Å². The van der Waals surface area contributed by atoms with E-state index in [4.69, 9.17) is 0 Å². The van der Waals surface area contributed by atoms with Crippen molar-refractivity contribution in [2.75, 3.05) is 0 Å². The van der Waals surface area contributed by atoms with Gasteiger partial charge >= 0.3 is 0 Å². The van der Waals surface area contributed by atoms with E-state index in [1.165, 1.54) is 0 Å². The summed E-state index contributed by atoms with van der Waals surface area (Å²) in [5.74, 6) is 0.457. The van der Waals surface area contributed by atoms with Crippen molar-refractivity contribution in [1.82, 2.24) is 0 Å². The first-order valence-electron chi connectivity index (χ1n) is 7.39. The van der Waals surface area contributed by atoms with Crippen LogP contribution in [0.2, 0.25) is 0 Å². The van der Waals surface area contributed by atoms with Gasteiger partial charge < -0.3 is 4.79 Å². The molecule has 4 nitrogen and oxygen atoms in total. The highest BCUT2D eigenvalue weighted by Gasteiger charge is 2.12. The van der Waals surface area contributed by atoms with Crippen LogP contribution in [0.3, 0.4) is 0 Å². The zero-order valence-electron chi connectivity index (χ0n) is 12.9. The van der Waals surface area contributed by atoms with Crippen LogP contribution in [0.25, 0.3) is 0 Å². The van der Waals surface area contributed by atoms with Crippen LogP contribution in [-0.2, 0) is 19.2 Å². The molecule has 0 heterocycles. The highest BCUT2D eigenvalue weighted by atomic mass is 16.1. The van der Waals surface area contributed by atoms with Crippen LogP contribution in [0.15, 0.2) is 0 Å². The molecule has 0 aliphatic heterocycles. The summed E-state index contributed by atoms with van der Waals surface area (Å²) in [6, 6.07) is 0. The smallest absolute Gasteiger partial charge is 0.133 e. The largest absolute Gasteiger partial charge is 0.300 e.